The van der Waals surface area contributed by atoms with Gasteiger partial charge in [-0.1, -0.05) is 43.5 Å². The molecule has 0 spiro atoms. The molecule has 0 bridgehead atoms. The van der Waals surface area contributed by atoms with Gasteiger partial charge in [0, 0.05) is 0 Å². The second-order valence-corrected chi connectivity index (χ2v) is 7.26. The summed E-state index contributed by atoms with van der Waals surface area (Å²) in [6, 6.07) is 16.3. The third kappa shape index (κ3) is 5.67. The number of hydrogen-bond donors (Lipinski definition) is 0. The predicted octanol–water partition coefficient (Wildman–Crippen LogP) is 4.67. The van der Waals surface area contributed by atoms with Gasteiger partial charge in [-0.05, 0) is 54.2 Å². The molecule has 0 atom stereocenters. The van der Waals surface area contributed by atoms with E-state index in [1.807, 2.05) is 24.3 Å². The lowest BCUT2D eigenvalue weighted by Gasteiger charge is -2.22. The molecule has 0 saturated heterocycles. The normalized spacial score (nSPS) is 14.9. The van der Waals surface area contributed by atoms with Crippen LogP contribution >= 0.6 is 0 Å². The summed E-state index contributed by atoms with van der Waals surface area (Å²) in [7, 11) is 0. The van der Waals surface area contributed by atoms with E-state index < -0.39 is 0 Å². The zero-order valence-corrected chi connectivity index (χ0v) is 16.5. The molecule has 1 saturated carbocycles. The van der Waals surface area contributed by atoms with Crippen molar-refractivity contribution < 1.29 is 9.47 Å². The van der Waals surface area contributed by atoms with Crippen LogP contribution in [-0.4, -0.2) is 34.3 Å². The number of nitrogens with zero attached hydrogens (tertiary/aromatic N) is 4. The van der Waals surface area contributed by atoms with Gasteiger partial charge in [0.1, 0.15) is 37.4 Å². The van der Waals surface area contributed by atoms with Crippen molar-refractivity contribution in [3.8, 4) is 11.5 Å². The molecule has 1 fully saturated rings. The molecule has 0 radical (unpaired) electrons. The summed E-state index contributed by atoms with van der Waals surface area (Å²) in [5.74, 6) is 2.40. The van der Waals surface area contributed by atoms with Crippen molar-refractivity contribution in [1.29, 1.82) is 0 Å². The van der Waals surface area contributed by atoms with Crippen molar-refractivity contribution in [2.45, 2.75) is 38.0 Å². The second-order valence-electron chi connectivity index (χ2n) is 7.26. The van der Waals surface area contributed by atoms with Crippen LogP contribution in [0.1, 0.15) is 49.1 Å². The van der Waals surface area contributed by atoms with Gasteiger partial charge >= 0.3 is 0 Å². The Morgan fingerprint density at radius 3 is 2.38 bits per heavy atom. The number of aromatic nitrogens is 3. The van der Waals surface area contributed by atoms with E-state index in [4.69, 9.17) is 9.47 Å². The highest BCUT2D eigenvalue weighted by atomic mass is 16.5. The number of rotatable bonds is 8. The quantitative estimate of drug-likeness (QED) is 0.414. The van der Waals surface area contributed by atoms with Crippen LogP contribution in [0, 0.1) is 0 Å². The first kappa shape index (κ1) is 19.2. The fourth-order valence-electron chi connectivity index (χ4n) is 3.66. The first-order chi connectivity index (χ1) is 14.4. The molecule has 6 heteroatoms. The molecule has 1 aromatic heterocycles. The van der Waals surface area contributed by atoms with E-state index in [1.165, 1.54) is 50.3 Å². The molecular formula is C23H26N4O2. The lowest BCUT2D eigenvalue weighted by atomic mass is 9.84. The van der Waals surface area contributed by atoms with E-state index in [-0.39, 0.29) is 0 Å². The van der Waals surface area contributed by atoms with Gasteiger partial charge in [0.25, 0.3) is 0 Å². The highest BCUT2D eigenvalue weighted by molar-refractivity contribution is 5.80. The summed E-state index contributed by atoms with van der Waals surface area (Å²) in [6.07, 6.45) is 11.5. The summed E-state index contributed by atoms with van der Waals surface area (Å²) in [5, 5.41) is 11.7. The van der Waals surface area contributed by atoms with Crippen LogP contribution < -0.4 is 9.47 Å². The summed E-state index contributed by atoms with van der Waals surface area (Å²) in [5.41, 5.74) is 2.38. The minimum Gasteiger partial charge on any atom is -0.490 e. The van der Waals surface area contributed by atoms with Gasteiger partial charge in [-0.15, -0.1) is 10.2 Å². The first-order valence-corrected chi connectivity index (χ1v) is 10.2. The van der Waals surface area contributed by atoms with Crippen molar-refractivity contribution in [3.05, 3.63) is 72.3 Å². The van der Waals surface area contributed by atoms with Crippen LogP contribution in [0.3, 0.4) is 0 Å². The summed E-state index contributed by atoms with van der Waals surface area (Å²) < 4.78 is 13.2. The predicted molar refractivity (Wildman–Crippen MR) is 113 cm³/mol. The van der Waals surface area contributed by atoms with E-state index in [0.29, 0.717) is 13.2 Å². The van der Waals surface area contributed by atoms with Crippen LogP contribution in [0.5, 0.6) is 11.5 Å². The zero-order chi connectivity index (χ0) is 19.7. The van der Waals surface area contributed by atoms with Gasteiger partial charge < -0.3 is 9.47 Å². The Morgan fingerprint density at radius 1 is 0.897 bits per heavy atom. The van der Waals surface area contributed by atoms with Crippen LogP contribution in [0.2, 0.25) is 0 Å². The molecule has 0 aliphatic heterocycles. The third-order valence-electron chi connectivity index (χ3n) is 5.18. The van der Waals surface area contributed by atoms with Gasteiger partial charge in [-0.3, -0.25) is 0 Å². The maximum absolute atomic E-state index is 5.83. The van der Waals surface area contributed by atoms with Crippen molar-refractivity contribution >= 4 is 6.21 Å². The van der Waals surface area contributed by atoms with Crippen LogP contribution in [0.25, 0.3) is 0 Å². The highest BCUT2D eigenvalue weighted by Gasteiger charge is 2.15. The molecule has 0 amide bonds. The fourth-order valence-corrected chi connectivity index (χ4v) is 3.66. The van der Waals surface area contributed by atoms with Crippen LogP contribution in [-0.2, 0) is 0 Å². The van der Waals surface area contributed by atoms with Crippen LogP contribution in [0.15, 0.2) is 66.3 Å². The largest absolute Gasteiger partial charge is 0.490 e. The van der Waals surface area contributed by atoms with Crippen molar-refractivity contribution in [3.63, 3.8) is 0 Å². The number of ether oxygens (including phenoxy) is 2. The molecule has 0 N–H and O–H groups in total. The molecule has 4 rings (SSSR count). The molecule has 150 valence electrons. The maximum atomic E-state index is 5.83. The Labute approximate surface area is 171 Å². The van der Waals surface area contributed by atoms with Gasteiger partial charge in [-0.2, -0.15) is 5.10 Å². The van der Waals surface area contributed by atoms with Crippen LogP contribution in [0.4, 0.5) is 0 Å². The minimum atomic E-state index is 0.483. The Balaban J connectivity index is 1.22. The molecule has 3 aromatic rings. The SMILES string of the molecule is C(=N/n1cnnc1)/c1cccc(OCCOc2ccc(C3CCCCC3)cc2)c1. The fraction of sp³-hybridized carbons (Fsp3) is 0.348. The molecule has 1 aliphatic carbocycles. The molecule has 29 heavy (non-hydrogen) atoms. The summed E-state index contributed by atoms with van der Waals surface area (Å²) >= 11 is 0. The van der Waals surface area contributed by atoms with E-state index in [2.05, 4.69) is 39.6 Å². The number of benzene rings is 2. The second kappa shape index (κ2) is 9.87. The average molecular weight is 390 g/mol. The molecule has 1 aliphatic rings. The van der Waals surface area contributed by atoms with Gasteiger partial charge in [-0.25, -0.2) is 4.68 Å². The number of hydrogen-bond acceptors (Lipinski definition) is 5. The molecule has 2 aromatic carbocycles. The lowest BCUT2D eigenvalue weighted by molar-refractivity contribution is 0.217. The third-order valence-corrected chi connectivity index (χ3v) is 5.18. The topological polar surface area (TPSA) is 61.5 Å². The van der Waals surface area contributed by atoms with Crippen molar-refractivity contribution in [2.24, 2.45) is 5.10 Å². The molecule has 6 nitrogen and oxygen atoms in total. The molecular weight excluding hydrogens is 364 g/mol. The lowest BCUT2D eigenvalue weighted by Crippen LogP contribution is -2.09. The van der Waals surface area contributed by atoms with E-state index in [9.17, 15) is 0 Å². The first-order valence-electron chi connectivity index (χ1n) is 10.2. The summed E-state index contributed by atoms with van der Waals surface area (Å²) in [6.45, 7) is 0.984. The Hall–Kier alpha value is -3.15. The minimum absolute atomic E-state index is 0.483. The van der Waals surface area contributed by atoms with Crippen molar-refractivity contribution in [1.82, 2.24) is 14.9 Å². The van der Waals surface area contributed by atoms with E-state index in [1.54, 1.807) is 10.9 Å². The summed E-state index contributed by atoms with van der Waals surface area (Å²) in [4.78, 5) is 0. The van der Waals surface area contributed by atoms with Gasteiger partial charge in [0.05, 0.1) is 6.21 Å². The van der Waals surface area contributed by atoms with Gasteiger partial charge in [0.15, 0.2) is 0 Å². The Bertz CT molecular complexity index is 901. The smallest absolute Gasteiger partial charge is 0.141 e. The van der Waals surface area contributed by atoms with Gasteiger partial charge in [0.2, 0.25) is 0 Å². The highest BCUT2D eigenvalue weighted by Crippen LogP contribution is 2.33. The molecule has 0 unspecified atom stereocenters. The van der Waals surface area contributed by atoms with E-state index in [0.717, 1.165) is 23.0 Å². The maximum Gasteiger partial charge on any atom is 0.141 e. The standard InChI is InChI=1S/C23H26N4O2/c1-2-6-20(7-3-1)21-9-11-22(12-10-21)28-13-14-29-23-8-4-5-19(15-23)16-26-27-17-24-25-18-27/h4-5,8-12,15-18,20H,1-3,6-7,13-14H2/b26-16-. The molecule has 1 heterocycles. The van der Waals surface area contributed by atoms with E-state index >= 15 is 0 Å². The van der Waals surface area contributed by atoms with Crippen molar-refractivity contribution in [2.75, 3.05) is 13.2 Å². The monoisotopic (exact) mass is 390 g/mol. The zero-order valence-electron chi connectivity index (χ0n) is 16.5. The Kier molecular flexibility index (Phi) is 6.53. The average Bonchev–Trinajstić information content (AvgIpc) is 3.30. The Morgan fingerprint density at radius 2 is 1.62 bits per heavy atom.